The Morgan fingerprint density at radius 3 is 2.50 bits per heavy atom. The molecule has 26 heavy (non-hydrogen) atoms. The molecule has 0 fully saturated rings. The van der Waals surface area contributed by atoms with E-state index in [2.05, 4.69) is 15.6 Å². The van der Waals surface area contributed by atoms with E-state index in [1.165, 1.54) is 6.07 Å². The van der Waals surface area contributed by atoms with Crippen LogP contribution < -0.4 is 5.32 Å². The van der Waals surface area contributed by atoms with Gasteiger partial charge < -0.3 is 15.3 Å². The van der Waals surface area contributed by atoms with Crippen LogP contribution in [0.1, 0.15) is 34.7 Å². The van der Waals surface area contributed by atoms with E-state index in [0.29, 0.717) is 24.3 Å². The molecule has 2 N–H and O–H groups in total. The molecule has 1 aromatic heterocycles. The first-order valence-corrected chi connectivity index (χ1v) is 8.25. The normalized spacial score (nSPS) is 10.4. The second-order valence-corrected chi connectivity index (χ2v) is 5.73. The third-order valence-electron chi connectivity index (χ3n) is 3.60. The fourth-order valence-corrected chi connectivity index (χ4v) is 2.53. The molecule has 0 radical (unpaired) electrons. The van der Waals surface area contributed by atoms with E-state index in [0.717, 1.165) is 10.9 Å². The Kier molecular flexibility index (Phi) is 6.29. The Balaban J connectivity index is 2.05. The summed E-state index contributed by atoms with van der Waals surface area (Å²) in [6, 6.07) is 4.61. The monoisotopic (exact) mass is 379 g/mol. The van der Waals surface area contributed by atoms with Crippen LogP contribution in [0.15, 0.2) is 24.4 Å². The van der Waals surface area contributed by atoms with Crippen LogP contribution in [0.4, 0.5) is 5.69 Å². The first-order valence-electron chi connectivity index (χ1n) is 7.87. The van der Waals surface area contributed by atoms with E-state index >= 15 is 0 Å². The molecule has 0 aliphatic carbocycles. The Bertz CT molecular complexity index is 832. The number of benzene rings is 1. The number of anilines is 1. The number of aromatic carboxylic acids is 1. The van der Waals surface area contributed by atoms with Crippen molar-refractivity contribution in [2.75, 3.05) is 18.4 Å². The predicted molar refractivity (Wildman–Crippen MR) is 94.3 cm³/mol. The molecule has 0 spiro atoms. The SMILES string of the molecule is CCN(CC)C(=O)c1ccc(NC(=O)Cn2cc(C(=O)O)nn2)cc1Cl. The maximum absolute atomic E-state index is 12.3. The summed E-state index contributed by atoms with van der Waals surface area (Å²) in [5, 5.41) is 18.6. The van der Waals surface area contributed by atoms with E-state index in [9.17, 15) is 14.4 Å². The Morgan fingerprint density at radius 2 is 1.96 bits per heavy atom. The van der Waals surface area contributed by atoms with Gasteiger partial charge in [-0.3, -0.25) is 9.59 Å². The number of nitrogens with zero attached hydrogens (tertiary/aromatic N) is 4. The molecule has 2 rings (SSSR count). The lowest BCUT2D eigenvalue weighted by molar-refractivity contribution is -0.116. The van der Waals surface area contributed by atoms with Gasteiger partial charge in [-0.05, 0) is 32.0 Å². The molecule has 10 heteroatoms. The van der Waals surface area contributed by atoms with Gasteiger partial charge in [-0.1, -0.05) is 16.8 Å². The number of carbonyl (C=O) groups is 3. The molecule has 1 aromatic carbocycles. The number of hydrogen-bond donors (Lipinski definition) is 2. The number of amides is 2. The summed E-state index contributed by atoms with van der Waals surface area (Å²) >= 11 is 6.17. The van der Waals surface area contributed by atoms with Crippen molar-refractivity contribution in [1.82, 2.24) is 19.9 Å². The quantitative estimate of drug-likeness (QED) is 0.756. The summed E-state index contributed by atoms with van der Waals surface area (Å²) in [4.78, 5) is 36.8. The minimum Gasteiger partial charge on any atom is -0.476 e. The molecule has 9 nitrogen and oxygen atoms in total. The van der Waals surface area contributed by atoms with Crippen molar-refractivity contribution in [3.05, 3.63) is 40.7 Å². The van der Waals surface area contributed by atoms with Crippen molar-refractivity contribution in [3.8, 4) is 0 Å². The molecule has 0 saturated carbocycles. The first kappa shape index (κ1) is 19.4. The minimum atomic E-state index is -1.23. The lowest BCUT2D eigenvalue weighted by Gasteiger charge is -2.19. The van der Waals surface area contributed by atoms with E-state index in [1.54, 1.807) is 17.0 Å². The number of aromatic nitrogens is 3. The van der Waals surface area contributed by atoms with Crippen LogP contribution in [0.2, 0.25) is 5.02 Å². The van der Waals surface area contributed by atoms with Crippen molar-refractivity contribution < 1.29 is 19.5 Å². The third kappa shape index (κ3) is 4.57. The summed E-state index contributed by atoms with van der Waals surface area (Å²) in [7, 11) is 0. The van der Waals surface area contributed by atoms with Gasteiger partial charge >= 0.3 is 5.97 Å². The highest BCUT2D eigenvalue weighted by atomic mass is 35.5. The van der Waals surface area contributed by atoms with Crippen LogP contribution >= 0.6 is 11.6 Å². The van der Waals surface area contributed by atoms with Crippen molar-refractivity contribution in [2.24, 2.45) is 0 Å². The van der Waals surface area contributed by atoms with Crippen LogP contribution in [-0.2, 0) is 11.3 Å². The number of carboxylic acid groups (broad SMARTS) is 1. The summed E-state index contributed by atoms with van der Waals surface area (Å²) in [6.45, 7) is 4.69. The van der Waals surface area contributed by atoms with E-state index in [1.807, 2.05) is 13.8 Å². The molecule has 0 aliphatic heterocycles. The molecule has 0 unspecified atom stereocenters. The summed E-state index contributed by atoms with van der Waals surface area (Å²) in [5.74, 6) is -1.84. The molecule has 0 bridgehead atoms. The minimum absolute atomic E-state index is 0.179. The Labute approximate surface area is 154 Å². The van der Waals surface area contributed by atoms with Crippen LogP contribution in [0.5, 0.6) is 0 Å². The average Bonchev–Trinajstić information content (AvgIpc) is 3.04. The average molecular weight is 380 g/mol. The topological polar surface area (TPSA) is 117 Å². The fraction of sp³-hybridized carbons (Fsp3) is 0.312. The van der Waals surface area contributed by atoms with Gasteiger partial charge in [0.2, 0.25) is 5.91 Å². The third-order valence-corrected chi connectivity index (χ3v) is 3.91. The van der Waals surface area contributed by atoms with Gasteiger partial charge in [-0.2, -0.15) is 0 Å². The first-order chi connectivity index (χ1) is 12.3. The number of carboxylic acids is 1. The maximum Gasteiger partial charge on any atom is 0.358 e. The number of nitrogens with one attached hydrogen (secondary N) is 1. The summed E-state index contributed by atoms with van der Waals surface area (Å²) in [5.41, 5.74) is 0.519. The van der Waals surface area contributed by atoms with Gasteiger partial charge in [-0.25, -0.2) is 9.48 Å². The van der Waals surface area contributed by atoms with Gasteiger partial charge in [0, 0.05) is 18.8 Å². The van der Waals surface area contributed by atoms with Crippen molar-refractivity contribution in [2.45, 2.75) is 20.4 Å². The van der Waals surface area contributed by atoms with Crippen LogP contribution in [0.25, 0.3) is 0 Å². The molecule has 0 atom stereocenters. The predicted octanol–water partition coefficient (Wildman–Crippen LogP) is 1.75. The zero-order valence-electron chi connectivity index (χ0n) is 14.3. The van der Waals surface area contributed by atoms with Crippen molar-refractivity contribution in [1.29, 1.82) is 0 Å². The highest BCUT2D eigenvalue weighted by Gasteiger charge is 2.17. The second-order valence-electron chi connectivity index (χ2n) is 5.33. The molecule has 0 saturated heterocycles. The van der Waals surface area contributed by atoms with Gasteiger partial charge in [0.05, 0.1) is 16.8 Å². The molecule has 2 aromatic rings. The Morgan fingerprint density at radius 1 is 1.27 bits per heavy atom. The molecule has 138 valence electrons. The van der Waals surface area contributed by atoms with Crippen molar-refractivity contribution >= 4 is 35.1 Å². The van der Waals surface area contributed by atoms with Gasteiger partial charge in [0.1, 0.15) is 6.54 Å². The summed E-state index contributed by atoms with van der Waals surface area (Å²) < 4.78 is 1.11. The van der Waals surface area contributed by atoms with E-state index in [-0.39, 0.29) is 23.2 Å². The number of hydrogen-bond acceptors (Lipinski definition) is 5. The standard InChI is InChI=1S/C16H18ClN5O4/c1-3-21(4-2)15(24)11-6-5-10(7-12(11)17)18-14(23)9-22-8-13(16(25)26)19-20-22/h5-8H,3-4,9H2,1-2H3,(H,18,23)(H,25,26). The van der Waals surface area contributed by atoms with Gasteiger partial charge in [0.25, 0.3) is 5.91 Å². The number of halogens is 1. The van der Waals surface area contributed by atoms with Gasteiger partial charge in [-0.15, -0.1) is 5.10 Å². The Hall–Kier alpha value is -2.94. The fourth-order valence-electron chi connectivity index (χ4n) is 2.27. The van der Waals surface area contributed by atoms with Crippen LogP contribution in [0.3, 0.4) is 0 Å². The lowest BCUT2D eigenvalue weighted by Crippen LogP contribution is -2.30. The second kappa shape index (κ2) is 8.43. The van der Waals surface area contributed by atoms with Crippen LogP contribution in [-0.4, -0.2) is 55.9 Å². The zero-order chi connectivity index (χ0) is 19.3. The molecule has 0 aliphatic rings. The number of rotatable bonds is 7. The van der Waals surface area contributed by atoms with E-state index < -0.39 is 11.9 Å². The smallest absolute Gasteiger partial charge is 0.358 e. The largest absolute Gasteiger partial charge is 0.476 e. The summed E-state index contributed by atoms with van der Waals surface area (Å²) in [6.07, 6.45) is 1.15. The van der Waals surface area contributed by atoms with Crippen molar-refractivity contribution in [3.63, 3.8) is 0 Å². The van der Waals surface area contributed by atoms with E-state index in [4.69, 9.17) is 16.7 Å². The molecule has 1 heterocycles. The maximum atomic E-state index is 12.3. The molecular formula is C16H18ClN5O4. The zero-order valence-corrected chi connectivity index (χ0v) is 15.0. The highest BCUT2D eigenvalue weighted by molar-refractivity contribution is 6.34. The van der Waals surface area contributed by atoms with Gasteiger partial charge in [0.15, 0.2) is 5.69 Å². The highest BCUT2D eigenvalue weighted by Crippen LogP contribution is 2.22. The van der Waals surface area contributed by atoms with Crippen LogP contribution in [0, 0.1) is 0 Å². The number of carbonyl (C=O) groups excluding carboxylic acids is 2. The molecule has 2 amide bonds. The lowest BCUT2D eigenvalue weighted by atomic mass is 10.1. The molecular weight excluding hydrogens is 362 g/mol.